The van der Waals surface area contributed by atoms with Crippen LogP contribution in [0.1, 0.15) is 36.8 Å². The molecule has 0 saturated carbocycles. The van der Waals surface area contributed by atoms with Gasteiger partial charge in [0.1, 0.15) is 5.82 Å². The zero-order chi connectivity index (χ0) is 15.4. The average molecular weight is 355 g/mol. The van der Waals surface area contributed by atoms with Gasteiger partial charge in [0.2, 0.25) is 0 Å². The highest BCUT2D eigenvalue weighted by molar-refractivity contribution is 9.10. The molecular formula is C15H20BrFN4. The van der Waals surface area contributed by atoms with E-state index in [0.717, 1.165) is 29.9 Å². The summed E-state index contributed by atoms with van der Waals surface area (Å²) in [5.41, 5.74) is 5.93. The van der Waals surface area contributed by atoms with Crippen LogP contribution < -0.4 is 11.3 Å². The fourth-order valence-electron chi connectivity index (χ4n) is 2.38. The van der Waals surface area contributed by atoms with E-state index < -0.39 is 0 Å². The quantitative estimate of drug-likeness (QED) is 0.618. The van der Waals surface area contributed by atoms with Crippen LogP contribution in [0, 0.1) is 5.82 Å². The first kappa shape index (κ1) is 16.1. The number of nitrogens with one attached hydrogen (secondary N) is 1. The smallest absolute Gasteiger partial charge is 0.124 e. The van der Waals surface area contributed by atoms with Crippen molar-refractivity contribution in [3.8, 4) is 0 Å². The van der Waals surface area contributed by atoms with Crippen LogP contribution in [0.15, 0.2) is 28.7 Å². The molecule has 0 aliphatic heterocycles. The number of nitrogens with two attached hydrogens (primary N) is 1. The standard InChI is InChI=1S/C15H20BrFN4/c1-3-11-8-12(21(4-2)20-11)9-15(19-18)13-6-5-10(17)7-14(13)16/h5-8,15,19H,3-4,9,18H2,1-2H3. The van der Waals surface area contributed by atoms with Crippen molar-refractivity contribution in [2.75, 3.05) is 0 Å². The lowest BCUT2D eigenvalue weighted by Gasteiger charge is -2.18. The molecule has 0 amide bonds. The minimum Gasteiger partial charge on any atom is -0.271 e. The van der Waals surface area contributed by atoms with Gasteiger partial charge in [0.25, 0.3) is 0 Å². The Morgan fingerprint density at radius 3 is 2.71 bits per heavy atom. The Labute approximate surface area is 132 Å². The van der Waals surface area contributed by atoms with Crippen LogP contribution in [-0.2, 0) is 19.4 Å². The van der Waals surface area contributed by atoms with Gasteiger partial charge in [-0.1, -0.05) is 28.9 Å². The topological polar surface area (TPSA) is 55.9 Å². The van der Waals surface area contributed by atoms with Crippen LogP contribution in [0.25, 0.3) is 0 Å². The Morgan fingerprint density at radius 2 is 2.14 bits per heavy atom. The fraction of sp³-hybridized carbons (Fsp3) is 0.400. The second-order valence-electron chi connectivity index (χ2n) is 4.89. The van der Waals surface area contributed by atoms with E-state index in [1.54, 1.807) is 6.07 Å². The van der Waals surface area contributed by atoms with Crippen molar-refractivity contribution in [3.63, 3.8) is 0 Å². The summed E-state index contributed by atoms with van der Waals surface area (Å²) in [5, 5.41) is 4.54. The molecule has 6 heteroatoms. The third-order valence-corrected chi connectivity index (χ3v) is 4.21. The highest BCUT2D eigenvalue weighted by Crippen LogP contribution is 2.26. The van der Waals surface area contributed by atoms with Crippen LogP contribution in [0.5, 0.6) is 0 Å². The number of rotatable bonds is 6. The number of hydrogen-bond acceptors (Lipinski definition) is 3. The maximum atomic E-state index is 13.2. The highest BCUT2D eigenvalue weighted by atomic mass is 79.9. The lowest BCUT2D eigenvalue weighted by molar-refractivity contribution is 0.514. The van der Waals surface area contributed by atoms with E-state index >= 15 is 0 Å². The molecule has 1 aromatic carbocycles. The van der Waals surface area contributed by atoms with Gasteiger partial charge in [0.05, 0.1) is 11.7 Å². The van der Waals surface area contributed by atoms with Crippen LogP contribution in [0.3, 0.4) is 0 Å². The summed E-state index contributed by atoms with van der Waals surface area (Å²) < 4.78 is 15.9. The van der Waals surface area contributed by atoms with E-state index in [2.05, 4.69) is 46.4 Å². The van der Waals surface area contributed by atoms with Gasteiger partial charge < -0.3 is 0 Å². The van der Waals surface area contributed by atoms with Gasteiger partial charge in [-0.3, -0.25) is 16.0 Å². The van der Waals surface area contributed by atoms with E-state index in [1.165, 1.54) is 12.1 Å². The van der Waals surface area contributed by atoms with E-state index in [-0.39, 0.29) is 11.9 Å². The summed E-state index contributed by atoms with van der Waals surface area (Å²) in [5.74, 6) is 5.43. The summed E-state index contributed by atoms with van der Waals surface area (Å²) in [6.07, 6.45) is 1.60. The number of aryl methyl sites for hydroxylation is 2. The minimum absolute atomic E-state index is 0.105. The van der Waals surface area contributed by atoms with Crippen LogP contribution >= 0.6 is 15.9 Å². The first-order valence-corrected chi connectivity index (χ1v) is 7.85. The van der Waals surface area contributed by atoms with E-state index in [4.69, 9.17) is 5.84 Å². The van der Waals surface area contributed by atoms with Crippen LogP contribution in [-0.4, -0.2) is 9.78 Å². The van der Waals surface area contributed by atoms with Gasteiger partial charge in [-0.15, -0.1) is 0 Å². The molecule has 1 heterocycles. The Morgan fingerprint density at radius 1 is 1.38 bits per heavy atom. The van der Waals surface area contributed by atoms with Crippen molar-refractivity contribution in [2.24, 2.45) is 5.84 Å². The number of hydrazine groups is 1. The fourth-order valence-corrected chi connectivity index (χ4v) is 3.00. The van der Waals surface area contributed by atoms with Gasteiger partial charge in [0, 0.05) is 23.1 Å². The molecule has 114 valence electrons. The molecule has 1 aromatic heterocycles. The number of hydrogen-bond donors (Lipinski definition) is 2. The molecular weight excluding hydrogens is 335 g/mol. The van der Waals surface area contributed by atoms with E-state index in [9.17, 15) is 4.39 Å². The third kappa shape index (κ3) is 3.70. The van der Waals surface area contributed by atoms with Crippen molar-refractivity contribution >= 4 is 15.9 Å². The zero-order valence-electron chi connectivity index (χ0n) is 12.2. The SMILES string of the molecule is CCc1cc(CC(NN)c2ccc(F)cc2Br)n(CC)n1. The maximum Gasteiger partial charge on any atom is 0.124 e. The number of nitrogens with zero attached hydrogens (tertiary/aromatic N) is 2. The molecule has 2 aromatic rings. The predicted molar refractivity (Wildman–Crippen MR) is 85.1 cm³/mol. The number of benzene rings is 1. The first-order valence-electron chi connectivity index (χ1n) is 7.05. The van der Waals surface area contributed by atoms with Gasteiger partial charge in [-0.05, 0) is 37.1 Å². The van der Waals surface area contributed by atoms with Crippen molar-refractivity contribution in [1.29, 1.82) is 0 Å². The molecule has 3 N–H and O–H groups in total. The monoisotopic (exact) mass is 354 g/mol. The molecule has 0 fully saturated rings. The summed E-state index contributed by atoms with van der Waals surface area (Å²) in [7, 11) is 0. The molecule has 0 aliphatic carbocycles. The second kappa shape index (κ2) is 7.15. The molecule has 0 radical (unpaired) electrons. The normalized spacial score (nSPS) is 12.6. The lowest BCUT2D eigenvalue weighted by Crippen LogP contribution is -2.30. The Hall–Kier alpha value is -1.24. The van der Waals surface area contributed by atoms with Crippen molar-refractivity contribution in [2.45, 2.75) is 39.3 Å². The largest absolute Gasteiger partial charge is 0.271 e. The average Bonchev–Trinajstić information content (AvgIpc) is 2.87. The summed E-state index contributed by atoms with van der Waals surface area (Å²) in [6, 6.07) is 6.64. The molecule has 21 heavy (non-hydrogen) atoms. The van der Waals surface area contributed by atoms with Crippen molar-refractivity contribution < 1.29 is 4.39 Å². The highest BCUT2D eigenvalue weighted by Gasteiger charge is 2.17. The van der Waals surface area contributed by atoms with Crippen LogP contribution in [0.4, 0.5) is 4.39 Å². The Kier molecular flexibility index (Phi) is 5.50. The predicted octanol–water partition coefficient (Wildman–Crippen LogP) is 3.11. The van der Waals surface area contributed by atoms with Gasteiger partial charge in [0.15, 0.2) is 0 Å². The summed E-state index contributed by atoms with van der Waals surface area (Å²) >= 11 is 3.40. The lowest BCUT2D eigenvalue weighted by atomic mass is 10.0. The molecule has 2 rings (SSSR count). The van der Waals surface area contributed by atoms with Crippen LogP contribution in [0.2, 0.25) is 0 Å². The van der Waals surface area contributed by atoms with Gasteiger partial charge >= 0.3 is 0 Å². The minimum atomic E-state index is -0.270. The third-order valence-electron chi connectivity index (χ3n) is 3.53. The van der Waals surface area contributed by atoms with Gasteiger partial charge in [-0.2, -0.15) is 5.10 Å². The van der Waals surface area contributed by atoms with E-state index in [1.807, 2.05) is 4.68 Å². The summed E-state index contributed by atoms with van der Waals surface area (Å²) in [6.45, 7) is 4.97. The zero-order valence-corrected chi connectivity index (χ0v) is 13.8. The first-order chi connectivity index (χ1) is 10.1. The van der Waals surface area contributed by atoms with Gasteiger partial charge in [-0.25, -0.2) is 4.39 Å². The molecule has 0 aliphatic rings. The second-order valence-corrected chi connectivity index (χ2v) is 5.74. The van der Waals surface area contributed by atoms with Crippen molar-refractivity contribution in [1.82, 2.24) is 15.2 Å². The number of aromatic nitrogens is 2. The molecule has 0 spiro atoms. The van der Waals surface area contributed by atoms with Crippen molar-refractivity contribution in [3.05, 3.63) is 51.5 Å². The Balaban J connectivity index is 2.28. The molecule has 1 unspecified atom stereocenters. The Bertz CT molecular complexity index is 612. The molecule has 0 saturated heterocycles. The number of halogens is 2. The summed E-state index contributed by atoms with van der Waals surface area (Å²) in [4.78, 5) is 0. The maximum absolute atomic E-state index is 13.2. The molecule has 0 bridgehead atoms. The molecule has 1 atom stereocenters. The molecule has 4 nitrogen and oxygen atoms in total. The van der Waals surface area contributed by atoms with E-state index in [0.29, 0.717) is 10.9 Å².